The van der Waals surface area contributed by atoms with Crippen molar-refractivity contribution < 1.29 is 0 Å². The van der Waals surface area contributed by atoms with Gasteiger partial charge in [0.1, 0.15) is 0 Å². The number of halogens is 2. The van der Waals surface area contributed by atoms with Crippen molar-refractivity contribution in [3.05, 3.63) is 86.9 Å². The predicted octanol–water partition coefficient (Wildman–Crippen LogP) is 5.68. The van der Waals surface area contributed by atoms with Gasteiger partial charge in [0.15, 0.2) is 0 Å². The van der Waals surface area contributed by atoms with Crippen molar-refractivity contribution in [1.82, 2.24) is 9.97 Å². The third kappa shape index (κ3) is 3.36. The number of hydrogen-bond donors (Lipinski definition) is 1. The van der Waals surface area contributed by atoms with Crippen molar-refractivity contribution in [2.24, 2.45) is 0 Å². The van der Waals surface area contributed by atoms with Gasteiger partial charge in [-0.2, -0.15) is 0 Å². The summed E-state index contributed by atoms with van der Waals surface area (Å²) in [5.74, 6) is 0. The topological polar surface area (TPSA) is 28.7 Å². The lowest BCUT2D eigenvalue weighted by atomic mass is 9.76. The molecule has 0 bridgehead atoms. The first-order valence-electron chi connectivity index (χ1n) is 7.50. The Morgan fingerprint density at radius 3 is 2.57 bits per heavy atom. The number of nitrogens with one attached hydrogen (secondary N) is 1. The third-order valence-corrected chi connectivity index (χ3v) is 4.92. The molecule has 0 aliphatic heterocycles. The van der Waals surface area contributed by atoms with Crippen LogP contribution in [0.2, 0.25) is 5.02 Å². The standard InChI is InChI=1S/C19H18BrClN2/c1-13-10-15(20)12-23-18(13)19(2,17-4-3-9-22-17)11-14-5-7-16(21)8-6-14/h3-10,12,22H,11H2,1-2H3. The van der Waals surface area contributed by atoms with Crippen LogP contribution in [0.5, 0.6) is 0 Å². The Morgan fingerprint density at radius 2 is 1.96 bits per heavy atom. The minimum absolute atomic E-state index is 0.234. The highest BCUT2D eigenvalue weighted by Crippen LogP contribution is 2.36. The van der Waals surface area contributed by atoms with E-state index in [2.05, 4.69) is 59.0 Å². The Balaban J connectivity index is 2.09. The number of hydrogen-bond acceptors (Lipinski definition) is 1. The quantitative estimate of drug-likeness (QED) is 0.610. The summed E-state index contributed by atoms with van der Waals surface area (Å²) < 4.78 is 0.999. The molecule has 0 radical (unpaired) electrons. The summed E-state index contributed by atoms with van der Waals surface area (Å²) in [5, 5.41) is 0.758. The van der Waals surface area contributed by atoms with Gasteiger partial charge in [0, 0.05) is 27.6 Å². The molecule has 1 unspecified atom stereocenters. The Labute approximate surface area is 150 Å². The van der Waals surface area contributed by atoms with E-state index in [9.17, 15) is 0 Å². The minimum atomic E-state index is -0.234. The number of aromatic nitrogens is 2. The van der Waals surface area contributed by atoms with Crippen LogP contribution in [-0.2, 0) is 11.8 Å². The molecule has 4 heteroatoms. The van der Waals surface area contributed by atoms with Crippen LogP contribution in [0.4, 0.5) is 0 Å². The maximum Gasteiger partial charge on any atom is 0.0554 e. The van der Waals surface area contributed by atoms with E-state index in [1.807, 2.05) is 30.6 Å². The summed E-state index contributed by atoms with van der Waals surface area (Å²) in [6.45, 7) is 4.34. The zero-order chi connectivity index (χ0) is 16.4. The molecule has 2 nitrogen and oxygen atoms in total. The van der Waals surface area contributed by atoms with Gasteiger partial charge in [0.05, 0.1) is 11.1 Å². The Kier molecular flexibility index (Phi) is 4.60. The van der Waals surface area contributed by atoms with Crippen molar-refractivity contribution in [3.63, 3.8) is 0 Å². The Hall–Kier alpha value is -1.58. The number of nitrogens with zero attached hydrogens (tertiary/aromatic N) is 1. The molecule has 1 N–H and O–H groups in total. The van der Waals surface area contributed by atoms with Crippen molar-refractivity contribution in [3.8, 4) is 0 Å². The van der Waals surface area contributed by atoms with E-state index in [-0.39, 0.29) is 5.41 Å². The zero-order valence-electron chi connectivity index (χ0n) is 13.1. The van der Waals surface area contributed by atoms with Gasteiger partial charge in [-0.3, -0.25) is 4.98 Å². The normalized spacial score (nSPS) is 13.7. The van der Waals surface area contributed by atoms with Crippen LogP contribution in [0.15, 0.2) is 59.3 Å². The maximum absolute atomic E-state index is 6.02. The predicted molar refractivity (Wildman–Crippen MR) is 99.1 cm³/mol. The van der Waals surface area contributed by atoms with Gasteiger partial charge in [-0.15, -0.1) is 0 Å². The highest BCUT2D eigenvalue weighted by atomic mass is 79.9. The van der Waals surface area contributed by atoms with Gasteiger partial charge in [0.25, 0.3) is 0 Å². The summed E-state index contributed by atoms with van der Waals surface area (Å²) in [7, 11) is 0. The number of aryl methyl sites for hydroxylation is 1. The third-order valence-electron chi connectivity index (χ3n) is 4.23. The Morgan fingerprint density at radius 1 is 1.22 bits per heavy atom. The first-order valence-corrected chi connectivity index (χ1v) is 8.67. The van der Waals surface area contributed by atoms with Gasteiger partial charge in [-0.1, -0.05) is 23.7 Å². The number of benzene rings is 1. The van der Waals surface area contributed by atoms with E-state index >= 15 is 0 Å². The summed E-state index contributed by atoms with van der Waals surface area (Å²) in [6, 6.07) is 14.3. The molecule has 3 rings (SSSR count). The van der Waals surface area contributed by atoms with Crippen LogP contribution < -0.4 is 0 Å². The molecule has 2 heterocycles. The summed E-state index contributed by atoms with van der Waals surface area (Å²) in [4.78, 5) is 8.10. The van der Waals surface area contributed by atoms with Crippen LogP contribution in [0, 0.1) is 6.92 Å². The van der Waals surface area contributed by atoms with E-state index in [1.165, 1.54) is 11.1 Å². The lowest BCUT2D eigenvalue weighted by molar-refractivity contribution is 0.530. The average Bonchev–Trinajstić information content (AvgIpc) is 3.04. The van der Waals surface area contributed by atoms with Gasteiger partial charge in [-0.05, 0) is 77.7 Å². The minimum Gasteiger partial charge on any atom is -0.364 e. The fourth-order valence-electron chi connectivity index (χ4n) is 3.11. The molecule has 0 amide bonds. The molecule has 1 aromatic carbocycles. The summed E-state index contributed by atoms with van der Waals surface area (Å²) >= 11 is 9.52. The van der Waals surface area contributed by atoms with Gasteiger partial charge >= 0.3 is 0 Å². The lowest BCUT2D eigenvalue weighted by Gasteiger charge is -2.30. The SMILES string of the molecule is Cc1cc(Br)cnc1C(C)(Cc1ccc(Cl)cc1)c1ccc[nH]1. The van der Waals surface area contributed by atoms with Gasteiger partial charge in [0.2, 0.25) is 0 Å². The maximum atomic E-state index is 6.02. The second-order valence-corrected chi connectivity index (χ2v) is 7.39. The molecule has 118 valence electrons. The molecule has 0 spiro atoms. The van der Waals surface area contributed by atoms with E-state index in [4.69, 9.17) is 16.6 Å². The van der Waals surface area contributed by atoms with Crippen molar-refractivity contribution >= 4 is 27.5 Å². The zero-order valence-corrected chi connectivity index (χ0v) is 15.4. The first kappa shape index (κ1) is 16.3. The van der Waals surface area contributed by atoms with Crippen molar-refractivity contribution in [1.29, 1.82) is 0 Å². The van der Waals surface area contributed by atoms with Crippen molar-refractivity contribution in [2.75, 3.05) is 0 Å². The van der Waals surface area contributed by atoms with E-state index in [1.54, 1.807) is 0 Å². The molecule has 23 heavy (non-hydrogen) atoms. The van der Waals surface area contributed by atoms with Crippen LogP contribution in [0.3, 0.4) is 0 Å². The number of pyridine rings is 1. The van der Waals surface area contributed by atoms with E-state index in [0.29, 0.717) is 0 Å². The molecule has 0 fully saturated rings. The van der Waals surface area contributed by atoms with Crippen LogP contribution >= 0.6 is 27.5 Å². The molecule has 0 aliphatic rings. The highest BCUT2D eigenvalue weighted by Gasteiger charge is 2.33. The smallest absolute Gasteiger partial charge is 0.0554 e. The van der Waals surface area contributed by atoms with Crippen LogP contribution in [0.1, 0.15) is 29.4 Å². The number of aromatic amines is 1. The van der Waals surface area contributed by atoms with Crippen LogP contribution in [0.25, 0.3) is 0 Å². The van der Waals surface area contributed by atoms with E-state index in [0.717, 1.165) is 27.3 Å². The molecule has 2 aromatic heterocycles. The molecular formula is C19H18BrClN2. The largest absolute Gasteiger partial charge is 0.364 e. The fraction of sp³-hybridized carbons (Fsp3) is 0.211. The second kappa shape index (κ2) is 6.50. The Bertz CT molecular complexity index is 797. The molecular weight excluding hydrogens is 372 g/mol. The summed E-state index contributed by atoms with van der Waals surface area (Å²) in [6.07, 6.45) is 4.68. The summed E-state index contributed by atoms with van der Waals surface area (Å²) in [5.41, 5.74) is 4.41. The average molecular weight is 390 g/mol. The lowest BCUT2D eigenvalue weighted by Crippen LogP contribution is -2.29. The van der Waals surface area contributed by atoms with Crippen molar-refractivity contribution in [2.45, 2.75) is 25.7 Å². The number of rotatable bonds is 4. The highest BCUT2D eigenvalue weighted by molar-refractivity contribution is 9.10. The number of H-pyrrole nitrogens is 1. The van der Waals surface area contributed by atoms with Crippen LogP contribution in [-0.4, -0.2) is 9.97 Å². The molecule has 0 aliphatic carbocycles. The molecule has 0 saturated carbocycles. The monoisotopic (exact) mass is 388 g/mol. The molecule has 1 atom stereocenters. The van der Waals surface area contributed by atoms with Gasteiger partial charge in [-0.25, -0.2) is 0 Å². The first-order chi connectivity index (χ1) is 11.0. The second-order valence-electron chi connectivity index (χ2n) is 6.04. The fourth-order valence-corrected chi connectivity index (χ4v) is 3.68. The van der Waals surface area contributed by atoms with Gasteiger partial charge < -0.3 is 4.98 Å². The molecule has 3 aromatic rings. The molecule has 0 saturated heterocycles. The van der Waals surface area contributed by atoms with E-state index < -0.39 is 0 Å².